The molecule has 1 heterocycles. The summed E-state index contributed by atoms with van der Waals surface area (Å²) in [4.78, 5) is 17.8. The number of likely N-dealkylation sites (N-methyl/N-ethyl adjacent to an activating group) is 1. The molecule has 0 aliphatic rings. The first kappa shape index (κ1) is 17.5. The van der Waals surface area contributed by atoms with E-state index in [1.54, 1.807) is 39.2 Å². The van der Waals surface area contributed by atoms with Gasteiger partial charge >= 0.3 is 0 Å². The van der Waals surface area contributed by atoms with Crippen molar-refractivity contribution in [2.75, 3.05) is 13.6 Å². The molecule has 1 aromatic heterocycles. The second kappa shape index (κ2) is 7.15. The van der Waals surface area contributed by atoms with Crippen molar-refractivity contribution < 1.29 is 14.3 Å². The molecule has 0 aliphatic heterocycles. The van der Waals surface area contributed by atoms with Gasteiger partial charge in [0.05, 0.1) is 11.8 Å². The Morgan fingerprint density at radius 1 is 1.35 bits per heavy atom. The summed E-state index contributed by atoms with van der Waals surface area (Å²) >= 11 is 5.86. The number of rotatable bonds is 6. The van der Waals surface area contributed by atoms with Gasteiger partial charge < -0.3 is 14.4 Å². The molecule has 0 saturated heterocycles. The second-order valence-corrected chi connectivity index (χ2v) is 6.62. The fraction of sp³-hybridized carbons (Fsp3) is 0.412. The van der Waals surface area contributed by atoms with Crippen molar-refractivity contribution in [3.8, 4) is 11.3 Å². The number of aromatic nitrogens is 1. The summed E-state index contributed by atoms with van der Waals surface area (Å²) in [7, 11) is 1.68. The van der Waals surface area contributed by atoms with E-state index in [4.69, 9.17) is 16.0 Å². The van der Waals surface area contributed by atoms with Gasteiger partial charge in [-0.1, -0.05) is 11.6 Å². The van der Waals surface area contributed by atoms with Gasteiger partial charge in [0.1, 0.15) is 0 Å². The Bertz CT molecular complexity index is 659. The van der Waals surface area contributed by atoms with Gasteiger partial charge in [-0.15, -0.1) is 0 Å². The van der Waals surface area contributed by atoms with Gasteiger partial charge in [0, 0.05) is 37.0 Å². The first-order valence-corrected chi connectivity index (χ1v) is 7.79. The molecule has 124 valence electrons. The van der Waals surface area contributed by atoms with Crippen molar-refractivity contribution in [3.05, 3.63) is 41.4 Å². The van der Waals surface area contributed by atoms with Gasteiger partial charge in [0.2, 0.25) is 5.91 Å². The molecule has 0 unspecified atom stereocenters. The predicted octanol–water partition coefficient (Wildman–Crippen LogP) is 3.16. The Balaban J connectivity index is 1.92. The average Bonchev–Trinajstić information content (AvgIpc) is 2.92. The van der Waals surface area contributed by atoms with E-state index in [-0.39, 0.29) is 18.9 Å². The highest BCUT2D eigenvalue weighted by Crippen LogP contribution is 2.22. The lowest BCUT2D eigenvalue weighted by Gasteiger charge is -2.25. The third kappa shape index (κ3) is 5.37. The SMILES string of the molecule is CN(CC(C)(C)O)C(=O)CCc1ncc(-c2ccc(Cl)cc2)o1. The van der Waals surface area contributed by atoms with E-state index in [0.29, 0.717) is 23.1 Å². The molecule has 0 spiro atoms. The summed E-state index contributed by atoms with van der Waals surface area (Å²) in [6, 6.07) is 7.28. The van der Waals surface area contributed by atoms with E-state index in [1.165, 1.54) is 4.90 Å². The Labute approximate surface area is 140 Å². The number of halogens is 1. The van der Waals surface area contributed by atoms with E-state index < -0.39 is 5.60 Å². The van der Waals surface area contributed by atoms with E-state index in [0.717, 1.165) is 5.56 Å². The van der Waals surface area contributed by atoms with E-state index in [2.05, 4.69) is 4.98 Å². The fourth-order valence-electron chi connectivity index (χ4n) is 2.25. The zero-order chi connectivity index (χ0) is 17.0. The number of nitrogens with zero attached hydrogens (tertiary/aromatic N) is 2. The minimum atomic E-state index is -0.908. The monoisotopic (exact) mass is 336 g/mol. The van der Waals surface area contributed by atoms with Crippen LogP contribution in [0.2, 0.25) is 5.02 Å². The largest absolute Gasteiger partial charge is 0.441 e. The number of aliphatic hydroxyl groups is 1. The number of oxazole rings is 1. The number of carbonyl (C=O) groups is 1. The van der Waals surface area contributed by atoms with Crippen molar-refractivity contribution in [3.63, 3.8) is 0 Å². The van der Waals surface area contributed by atoms with Crippen LogP contribution < -0.4 is 0 Å². The molecule has 0 aliphatic carbocycles. The second-order valence-electron chi connectivity index (χ2n) is 6.19. The van der Waals surface area contributed by atoms with Crippen LogP contribution in [0.25, 0.3) is 11.3 Å². The van der Waals surface area contributed by atoms with Gasteiger partial charge in [-0.2, -0.15) is 0 Å². The van der Waals surface area contributed by atoms with Crippen molar-refractivity contribution >= 4 is 17.5 Å². The number of hydrogen-bond donors (Lipinski definition) is 1. The number of aryl methyl sites for hydroxylation is 1. The molecule has 5 nitrogen and oxygen atoms in total. The van der Waals surface area contributed by atoms with E-state index in [1.807, 2.05) is 12.1 Å². The van der Waals surface area contributed by atoms with Crippen molar-refractivity contribution in [2.45, 2.75) is 32.3 Å². The quantitative estimate of drug-likeness (QED) is 0.880. The highest BCUT2D eigenvalue weighted by molar-refractivity contribution is 6.30. The molecule has 1 N–H and O–H groups in total. The molecule has 23 heavy (non-hydrogen) atoms. The molecular weight excluding hydrogens is 316 g/mol. The zero-order valence-corrected chi connectivity index (χ0v) is 14.3. The highest BCUT2D eigenvalue weighted by atomic mass is 35.5. The number of benzene rings is 1. The van der Waals surface area contributed by atoms with Gasteiger partial charge in [-0.3, -0.25) is 4.79 Å². The van der Waals surface area contributed by atoms with Crippen molar-refractivity contribution in [1.29, 1.82) is 0 Å². The summed E-state index contributed by atoms with van der Waals surface area (Å²) in [6.45, 7) is 3.62. The van der Waals surface area contributed by atoms with Gasteiger partial charge in [-0.25, -0.2) is 4.98 Å². The molecule has 0 atom stereocenters. The van der Waals surface area contributed by atoms with Crippen LogP contribution in [0.3, 0.4) is 0 Å². The maximum absolute atomic E-state index is 12.0. The molecule has 0 radical (unpaired) electrons. The first-order chi connectivity index (χ1) is 10.7. The Morgan fingerprint density at radius 2 is 2.00 bits per heavy atom. The van der Waals surface area contributed by atoms with Crippen LogP contribution >= 0.6 is 11.6 Å². The van der Waals surface area contributed by atoms with Crippen molar-refractivity contribution in [2.24, 2.45) is 0 Å². The average molecular weight is 337 g/mol. The van der Waals surface area contributed by atoms with Crippen LogP contribution in [0, 0.1) is 0 Å². The summed E-state index contributed by atoms with van der Waals surface area (Å²) < 4.78 is 5.67. The van der Waals surface area contributed by atoms with Crippen LogP contribution in [0.15, 0.2) is 34.9 Å². The fourth-order valence-corrected chi connectivity index (χ4v) is 2.37. The molecule has 0 bridgehead atoms. The highest BCUT2D eigenvalue weighted by Gasteiger charge is 2.19. The molecule has 0 saturated carbocycles. The van der Waals surface area contributed by atoms with Gasteiger partial charge in [0.15, 0.2) is 11.7 Å². The topological polar surface area (TPSA) is 66.6 Å². The summed E-state index contributed by atoms with van der Waals surface area (Å²) in [6.07, 6.45) is 2.35. The van der Waals surface area contributed by atoms with Gasteiger partial charge in [0.25, 0.3) is 0 Å². The van der Waals surface area contributed by atoms with E-state index in [9.17, 15) is 9.90 Å². The predicted molar refractivity (Wildman–Crippen MR) is 89.2 cm³/mol. The number of carbonyl (C=O) groups excluding carboxylic acids is 1. The lowest BCUT2D eigenvalue weighted by Crippen LogP contribution is -2.39. The lowest BCUT2D eigenvalue weighted by molar-refractivity contribution is -0.132. The smallest absolute Gasteiger partial charge is 0.222 e. The van der Waals surface area contributed by atoms with Crippen LogP contribution in [0.5, 0.6) is 0 Å². The normalized spacial score (nSPS) is 11.5. The van der Waals surface area contributed by atoms with Crippen LogP contribution in [-0.4, -0.2) is 40.1 Å². The third-order valence-electron chi connectivity index (χ3n) is 3.28. The van der Waals surface area contributed by atoms with E-state index >= 15 is 0 Å². The maximum Gasteiger partial charge on any atom is 0.222 e. The minimum Gasteiger partial charge on any atom is -0.441 e. The summed E-state index contributed by atoms with van der Waals surface area (Å²) in [5.41, 5.74) is -0.0200. The summed E-state index contributed by atoms with van der Waals surface area (Å²) in [5, 5.41) is 10.4. The number of amides is 1. The maximum atomic E-state index is 12.0. The van der Waals surface area contributed by atoms with Crippen molar-refractivity contribution in [1.82, 2.24) is 9.88 Å². The molecule has 6 heteroatoms. The molecular formula is C17H21ClN2O3. The molecule has 1 amide bonds. The van der Waals surface area contributed by atoms with Crippen LogP contribution in [-0.2, 0) is 11.2 Å². The first-order valence-electron chi connectivity index (χ1n) is 7.41. The van der Waals surface area contributed by atoms with Gasteiger partial charge in [-0.05, 0) is 38.1 Å². The van der Waals surface area contributed by atoms with Crippen LogP contribution in [0.1, 0.15) is 26.2 Å². The Hall–Kier alpha value is -1.85. The standard InChI is InChI=1S/C17H21ClN2O3/c1-17(2,22)11-20(3)16(21)9-8-15-19-10-14(23-15)12-4-6-13(18)7-5-12/h4-7,10,22H,8-9,11H2,1-3H3. The molecule has 0 fully saturated rings. The lowest BCUT2D eigenvalue weighted by atomic mass is 10.1. The Kier molecular flexibility index (Phi) is 5.44. The summed E-state index contributed by atoms with van der Waals surface area (Å²) in [5.74, 6) is 1.10. The zero-order valence-electron chi connectivity index (χ0n) is 13.5. The Morgan fingerprint density at radius 3 is 2.61 bits per heavy atom. The van der Waals surface area contributed by atoms with Crippen LogP contribution in [0.4, 0.5) is 0 Å². The molecule has 2 rings (SSSR count). The third-order valence-corrected chi connectivity index (χ3v) is 3.54. The molecule has 1 aromatic carbocycles. The number of hydrogen-bond acceptors (Lipinski definition) is 4. The molecule has 2 aromatic rings. The minimum absolute atomic E-state index is 0.0571.